The second-order valence-corrected chi connectivity index (χ2v) is 8.70. The Morgan fingerprint density at radius 1 is 0.792 bits per heavy atom. The summed E-state index contributed by atoms with van der Waals surface area (Å²) in [6.07, 6.45) is 24.9. The Morgan fingerprint density at radius 3 is 1.79 bits per heavy atom. The van der Waals surface area contributed by atoms with E-state index in [1.807, 2.05) is 0 Å². The summed E-state index contributed by atoms with van der Waals surface area (Å²) in [5.41, 5.74) is 0.243. The van der Waals surface area contributed by atoms with E-state index in [0.717, 1.165) is 4.48 Å². The van der Waals surface area contributed by atoms with Gasteiger partial charge < -0.3 is 4.48 Å². The van der Waals surface area contributed by atoms with Crippen LogP contribution in [-0.4, -0.2) is 30.7 Å². The highest BCUT2D eigenvalue weighted by molar-refractivity contribution is 5.20. The summed E-state index contributed by atoms with van der Waals surface area (Å²) in [6.45, 7) is 8.37. The van der Waals surface area contributed by atoms with E-state index in [-0.39, 0.29) is 5.54 Å². The van der Waals surface area contributed by atoms with Crippen molar-refractivity contribution in [2.24, 2.45) is 5.92 Å². The van der Waals surface area contributed by atoms with Crippen molar-refractivity contribution in [1.82, 2.24) is 0 Å². The summed E-state index contributed by atoms with van der Waals surface area (Å²) in [5.74, 6) is 0.616. The quantitative estimate of drug-likeness (QED) is 0.254. The van der Waals surface area contributed by atoms with Crippen LogP contribution in [0, 0.1) is 5.92 Å². The van der Waals surface area contributed by atoms with Crippen LogP contribution in [-0.2, 0) is 0 Å². The normalized spacial score (nSPS) is 23.8. The summed E-state index contributed by atoms with van der Waals surface area (Å²) < 4.78 is 1.10. The molecule has 1 aliphatic rings. The largest absolute Gasteiger partial charge is 0.320 e. The predicted molar refractivity (Wildman–Crippen MR) is 109 cm³/mol. The molecule has 0 bridgehead atoms. The molecule has 0 N–H and O–H groups in total. The predicted octanol–water partition coefficient (Wildman–Crippen LogP) is 6.89. The lowest BCUT2D eigenvalue weighted by atomic mass is 9.80. The third kappa shape index (κ3) is 6.75. The first-order chi connectivity index (χ1) is 11.4. The molecule has 1 heteroatoms. The molecule has 1 rings (SSSR count). The zero-order valence-electron chi connectivity index (χ0n) is 17.3. The molecule has 0 saturated heterocycles. The highest BCUT2D eigenvalue weighted by Crippen LogP contribution is 2.34. The maximum atomic E-state index is 2.43. The number of likely N-dealkylation sites (N-methyl/N-ethyl adjacent to an activating group) is 1. The molecule has 0 spiro atoms. The molecule has 0 aromatic rings. The number of allylic oxidation sites excluding steroid dienone is 2. The van der Waals surface area contributed by atoms with E-state index < -0.39 is 0 Å². The SMILES string of the molecule is CCCCCCCCCCCCC[N+](C)(C)C1(C)C=CC=CC1C. The second kappa shape index (κ2) is 11.1. The topological polar surface area (TPSA) is 0 Å². The van der Waals surface area contributed by atoms with E-state index in [4.69, 9.17) is 0 Å². The first-order valence-electron chi connectivity index (χ1n) is 10.6. The molecule has 140 valence electrons. The third-order valence-corrected chi connectivity index (χ3v) is 6.49. The fourth-order valence-electron chi connectivity index (χ4n) is 3.99. The average Bonchev–Trinajstić information content (AvgIpc) is 2.55. The van der Waals surface area contributed by atoms with E-state index in [1.165, 1.54) is 77.2 Å². The maximum Gasteiger partial charge on any atom is 0.121 e. The molecule has 2 unspecified atom stereocenters. The Balaban J connectivity index is 2.10. The highest BCUT2D eigenvalue weighted by Gasteiger charge is 2.42. The number of rotatable bonds is 13. The zero-order valence-corrected chi connectivity index (χ0v) is 17.3. The Kier molecular flexibility index (Phi) is 9.96. The van der Waals surface area contributed by atoms with Gasteiger partial charge in [-0.25, -0.2) is 0 Å². The summed E-state index contributed by atoms with van der Waals surface area (Å²) >= 11 is 0. The monoisotopic (exact) mass is 334 g/mol. The third-order valence-electron chi connectivity index (χ3n) is 6.49. The second-order valence-electron chi connectivity index (χ2n) is 8.70. The van der Waals surface area contributed by atoms with Crippen molar-refractivity contribution in [1.29, 1.82) is 0 Å². The van der Waals surface area contributed by atoms with Gasteiger partial charge in [0.15, 0.2) is 0 Å². The van der Waals surface area contributed by atoms with Crippen molar-refractivity contribution in [2.45, 2.75) is 96.9 Å². The van der Waals surface area contributed by atoms with Crippen molar-refractivity contribution >= 4 is 0 Å². The van der Waals surface area contributed by atoms with Gasteiger partial charge in [0.05, 0.1) is 20.6 Å². The van der Waals surface area contributed by atoms with Crippen molar-refractivity contribution < 1.29 is 4.48 Å². The molecule has 0 aromatic heterocycles. The first-order valence-corrected chi connectivity index (χ1v) is 10.6. The summed E-state index contributed by atoms with van der Waals surface area (Å²) in [4.78, 5) is 0. The van der Waals surface area contributed by atoms with E-state index in [1.54, 1.807) is 0 Å². The molecule has 0 amide bonds. The number of quaternary nitrogens is 1. The van der Waals surface area contributed by atoms with Crippen molar-refractivity contribution in [3.05, 3.63) is 24.3 Å². The summed E-state index contributed by atoms with van der Waals surface area (Å²) in [6, 6.07) is 0. The molecule has 24 heavy (non-hydrogen) atoms. The molecular formula is C23H44N+. The molecule has 0 saturated carbocycles. The van der Waals surface area contributed by atoms with Crippen LogP contribution < -0.4 is 0 Å². The number of unbranched alkanes of at least 4 members (excludes halogenated alkanes) is 10. The number of nitrogens with zero attached hydrogens (tertiary/aromatic N) is 1. The van der Waals surface area contributed by atoms with Gasteiger partial charge in [0.1, 0.15) is 5.54 Å². The van der Waals surface area contributed by atoms with Crippen LogP contribution in [0.25, 0.3) is 0 Å². The first kappa shape index (κ1) is 21.5. The molecule has 2 atom stereocenters. The Labute approximate surface area is 152 Å². The van der Waals surface area contributed by atoms with E-state index in [9.17, 15) is 0 Å². The molecule has 0 fully saturated rings. The van der Waals surface area contributed by atoms with Crippen LogP contribution in [0.1, 0.15) is 91.4 Å². The maximum absolute atomic E-state index is 2.43. The number of hydrogen-bond donors (Lipinski definition) is 0. The van der Waals surface area contributed by atoms with Crippen molar-refractivity contribution in [2.75, 3.05) is 20.6 Å². The Morgan fingerprint density at radius 2 is 1.29 bits per heavy atom. The zero-order chi connectivity index (χ0) is 17.9. The van der Waals surface area contributed by atoms with E-state index in [2.05, 4.69) is 59.2 Å². The van der Waals surface area contributed by atoms with E-state index >= 15 is 0 Å². The lowest BCUT2D eigenvalue weighted by molar-refractivity contribution is -0.936. The molecule has 0 heterocycles. The van der Waals surface area contributed by atoms with Gasteiger partial charge in [-0.1, -0.05) is 89.9 Å². The van der Waals surface area contributed by atoms with Gasteiger partial charge in [-0.3, -0.25) is 0 Å². The van der Waals surface area contributed by atoms with Crippen molar-refractivity contribution in [3.8, 4) is 0 Å². The van der Waals surface area contributed by atoms with Gasteiger partial charge in [-0.05, 0) is 25.8 Å². The average molecular weight is 335 g/mol. The van der Waals surface area contributed by atoms with Gasteiger partial charge in [0, 0.05) is 5.92 Å². The molecule has 1 aliphatic carbocycles. The van der Waals surface area contributed by atoms with Crippen molar-refractivity contribution in [3.63, 3.8) is 0 Å². The fraction of sp³-hybridized carbons (Fsp3) is 0.826. The van der Waals surface area contributed by atoms with Crippen LogP contribution in [0.4, 0.5) is 0 Å². The number of hydrogen-bond acceptors (Lipinski definition) is 0. The Hall–Kier alpha value is -0.560. The van der Waals surface area contributed by atoms with Crippen LogP contribution >= 0.6 is 0 Å². The van der Waals surface area contributed by atoms with Gasteiger partial charge in [0.25, 0.3) is 0 Å². The minimum absolute atomic E-state index is 0.243. The van der Waals surface area contributed by atoms with E-state index in [0.29, 0.717) is 5.92 Å². The van der Waals surface area contributed by atoms with Gasteiger partial charge in [-0.2, -0.15) is 0 Å². The van der Waals surface area contributed by atoms with Crippen LogP contribution in [0.2, 0.25) is 0 Å². The molecule has 1 nitrogen and oxygen atoms in total. The smallest absolute Gasteiger partial charge is 0.121 e. The fourth-order valence-corrected chi connectivity index (χ4v) is 3.99. The summed E-state index contributed by atoms with van der Waals surface area (Å²) in [7, 11) is 4.83. The van der Waals surface area contributed by atoms with Crippen LogP contribution in [0.3, 0.4) is 0 Å². The molecule has 0 radical (unpaired) electrons. The molecule has 0 aliphatic heterocycles. The highest BCUT2D eigenvalue weighted by atomic mass is 15.4. The van der Waals surface area contributed by atoms with Crippen LogP contribution in [0.15, 0.2) is 24.3 Å². The molecular weight excluding hydrogens is 290 g/mol. The van der Waals surface area contributed by atoms with Gasteiger partial charge in [-0.15, -0.1) is 0 Å². The minimum atomic E-state index is 0.243. The lowest BCUT2D eigenvalue weighted by Gasteiger charge is -2.48. The Bertz CT molecular complexity index is 379. The van der Waals surface area contributed by atoms with Gasteiger partial charge >= 0.3 is 0 Å². The minimum Gasteiger partial charge on any atom is -0.320 e. The van der Waals surface area contributed by atoms with Gasteiger partial charge in [0.2, 0.25) is 0 Å². The van der Waals surface area contributed by atoms with Crippen LogP contribution in [0.5, 0.6) is 0 Å². The lowest BCUT2D eigenvalue weighted by Crippen LogP contribution is -2.60. The standard InChI is InChI=1S/C23H44N/c1-6-7-8-9-10-11-12-13-14-15-18-21-24(4,5)23(3)20-17-16-19-22(23)2/h16-17,19-20,22H,6-15,18,21H2,1-5H3/q+1. The summed E-state index contributed by atoms with van der Waals surface area (Å²) in [5, 5.41) is 0. The molecule has 0 aromatic carbocycles.